The molecule has 0 atom stereocenters. The number of rotatable bonds is 5. The smallest absolute Gasteiger partial charge is 0.243 e. The molecule has 0 spiro atoms. The van der Waals surface area contributed by atoms with Crippen LogP contribution in [0.5, 0.6) is 0 Å². The molecule has 0 saturated carbocycles. The third kappa shape index (κ3) is 2.59. The molecule has 6 nitrogen and oxygen atoms in total. The SMILES string of the molecule is C[n+]1ccn(CCCNc2ccn3ncc(N)c3c2)c1. The lowest BCUT2D eigenvalue weighted by Crippen LogP contribution is -2.23. The summed E-state index contributed by atoms with van der Waals surface area (Å²) >= 11 is 0. The van der Waals surface area contributed by atoms with E-state index in [-0.39, 0.29) is 0 Å². The molecule has 0 fully saturated rings. The number of nitrogens with zero attached hydrogens (tertiary/aromatic N) is 4. The molecule has 0 aliphatic carbocycles. The number of nitrogen functional groups attached to an aromatic ring is 1. The van der Waals surface area contributed by atoms with Gasteiger partial charge < -0.3 is 11.1 Å². The summed E-state index contributed by atoms with van der Waals surface area (Å²) in [6, 6.07) is 4.03. The monoisotopic (exact) mass is 271 g/mol. The highest BCUT2D eigenvalue weighted by molar-refractivity contribution is 5.72. The maximum atomic E-state index is 5.86. The minimum atomic E-state index is 0.702. The van der Waals surface area contributed by atoms with Gasteiger partial charge in [0.05, 0.1) is 31.0 Å². The van der Waals surface area contributed by atoms with Gasteiger partial charge in [-0.3, -0.25) is 0 Å². The predicted octanol–water partition coefficient (Wildman–Crippen LogP) is 1.04. The van der Waals surface area contributed by atoms with Gasteiger partial charge in [0, 0.05) is 24.8 Å². The van der Waals surface area contributed by atoms with E-state index in [2.05, 4.69) is 27.5 Å². The van der Waals surface area contributed by atoms with E-state index in [1.54, 1.807) is 10.7 Å². The summed E-state index contributed by atoms with van der Waals surface area (Å²) in [5.41, 5.74) is 8.57. The number of nitrogens with one attached hydrogen (secondary N) is 1. The molecular formula is C14H19N6+. The zero-order valence-electron chi connectivity index (χ0n) is 11.5. The molecule has 0 aliphatic heterocycles. The molecule has 0 aromatic carbocycles. The Hall–Kier alpha value is -2.50. The normalized spacial score (nSPS) is 11.1. The van der Waals surface area contributed by atoms with Crippen LogP contribution >= 0.6 is 0 Å². The van der Waals surface area contributed by atoms with Crippen LogP contribution in [0.4, 0.5) is 11.4 Å². The van der Waals surface area contributed by atoms with Crippen molar-refractivity contribution in [3.63, 3.8) is 0 Å². The first kappa shape index (κ1) is 12.5. The highest BCUT2D eigenvalue weighted by atomic mass is 15.2. The van der Waals surface area contributed by atoms with E-state index in [1.165, 1.54) is 0 Å². The number of hydrogen-bond donors (Lipinski definition) is 2. The van der Waals surface area contributed by atoms with Gasteiger partial charge >= 0.3 is 0 Å². The van der Waals surface area contributed by atoms with E-state index >= 15 is 0 Å². The number of pyridine rings is 1. The Labute approximate surface area is 117 Å². The van der Waals surface area contributed by atoms with Gasteiger partial charge in [-0.25, -0.2) is 13.6 Å². The van der Waals surface area contributed by atoms with Gasteiger partial charge in [-0.1, -0.05) is 0 Å². The van der Waals surface area contributed by atoms with Crippen LogP contribution in [0.2, 0.25) is 0 Å². The van der Waals surface area contributed by atoms with E-state index in [4.69, 9.17) is 5.73 Å². The van der Waals surface area contributed by atoms with Crippen LogP contribution in [0.3, 0.4) is 0 Å². The molecule has 3 aromatic heterocycles. The minimum Gasteiger partial charge on any atom is -0.396 e. The zero-order chi connectivity index (χ0) is 13.9. The number of hydrogen-bond acceptors (Lipinski definition) is 3. The highest BCUT2D eigenvalue weighted by Gasteiger charge is 2.02. The third-order valence-electron chi connectivity index (χ3n) is 3.30. The summed E-state index contributed by atoms with van der Waals surface area (Å²) in [5, 5.41) is 7.57. The second-order valence-corrected chi connectivity index (χ2v) is 4.94. The van der Waals surface area contributed by atoms with E-state index in [0.29, 0.717) is 5.69 Å². The van der Waals surface area contributed by atoms with Gasteiger partial charge in [0.2, 0.25) is 6.33 Å². The summed E-state index contributed by atoms with van der Waals surface area (Å²) in [6.45, 7) is 1.93. The van der Waals surface area contributed by atoms with E-state index < -0.39 is 0 Å². The highest BCUT2D eigenvalue weighted by Crippen LogP contribution is 2.17. The first-order chi connectivity index (χ1) is 9.72. The van der Waals surface area contributed by atoms with Crippen molar-refractivity contribution in [2.75, 3.05) is 17.6 Å². The Morgan fingerprint density at radius 1 is 1.40 bits per heavy atom. The molecule has 0 radical (unpaired) electrons. The van der Waals surface area contributed by atoms with Crippen LogP contribution in [0.25, 0.3) is 5.52 Å². The second kappa shape index (κ2) is 5.24. The lowest BCUT2D eigenvalue weighted by atomic mass is 10.3. The van der Waals surface area contributed by atoms with Gasteiger partial charge in [0.15, 0.2) is 0 Å². The zero-order valence-corrected chi connectivity index (χ0v) is 11.5. The molecule has 6 heteroatoms. The summed E-state index contributed by atoms with van der Waals surface area (Å²) in [6.07, 6.45) is 10.9. The Morgan fingerprint density at radius 3 is 3.10 bits per heavy atom. The predicted molar refractivity (Wildman–Crippen MR) is 78.3 cm³/mol. The van der Waals surface area contributed by atoms with E-state index in [1.807, 2.05) is 36.1 Å². The van der Waals surface area contributed by atoms with Crippen LogP contribution in [-0.4, -0.2) is 20.7 Å². The first-order valence-electron chi connectivity index (χ1n) is 6.70. The average Bonchev–Trinajstić information content (AvgIpc) is 3.02. The van der Waals surface area contributed by atoms with Gasteiger partial charge in [0.1, 0.15) is 12.4 Å². The van der Waals surface area contributed by atoms with Crippen molar-refractivity contribution < 1.29 is 4.57 Å². The molecule has 0 bridgehead atoms. The van der Waals surface area contributed by atoms with Crippen molar-refractivity contribution in [2.45, 2.75) is 13.0 Å². The van der Waals surface area contributed by atoms with Crippen LogP contribution in [0.15, 0.2) is 43.2 Å². The molecule has 20 heavy (non-hydrogen) atoms. The first-order valence-corrected chi connectivity index (χ1v) is 6.70. The fraction of sp³-hybridized carbons (Fsp3) is 0.286. The molecule has 104 valence electrons. The van der Waals surface area contributed by atoms with Crippen LogP contribution in [-0.2, 0) is 13.6 Å². The Kier molecular flexibility index (Phi) is 3.28. The average molecular weight is 271 g/mol. The summed E-state index contributed by atoms with van der Waals surface area (Å²) in [5.74, 6) is 0. The van der Waals surface area contributed by atoms with Gasteiger partial charge in [-0.15, -0.1) is 0 Å². The minimum absolute atomic E-state index is 0.702. The van der Waals surface area contributed by atoms with Crippen molar-refractivity contribution >= 4 is 16.9 Å². The lowest BCUT2D eigenvalue weighted by Gasteiger charge is -2.06. The van der Waals surface area contributed by atoms with Crippen molar-refractivity contribution in [1.82, 2.24) is 14.2 Å². The molecule has 0 saturated heterocycles. The maximum Gasteiger partial charge on any atom is 0.243 e. The van der Waals surface area contributed by atoms with E-state index in [9.17, 15) is 0 Å². The molecule has 3 rings (SSSR count). The van der Waals surface area contributed by atoms with Crippen LogP contribution < -0.4 is 15.6 Å². The fourth-order valence-corrected chi connectivity index (χ4v) is 2.24. The lowest BCUT2D eigenvalue weighted by molar-refractivity contribution is -0.671. The standard InChI is InChI=1S/C14H19N6/c1-18-7-8-19(11-18)5-2-4-16-12-3-6-20-14(9-12)13(15)10-17-20/h3,6-11,16H,2,4-5,15H2,1H3/q+1. The second-order valence-electron chi connectivity index (χ2n) is 4.94. The van der Waals surface area contributed by atoms with Crippen LogP contribution in [0, 0.1) is 0 Å². The van der Waals surface area contributed by atoms with Gasteiger partial charge in [-0.05, 0) is 12.1 Å². The van der Waals surface area contributed by atoms with Crippen molar-refractivity contribution in [2.24, 2.45) is 7.05 Å². The topological polar surface area (TPSA) is 64.2 Å². The Morgan fingerprint density at radius 2 is 2.30 bits per heavy atom. The molecule has 0 aliphatic rings. The van der Waals surface area contributed by atoms with Crippen molar-refractivity contribution in [3.8, 4) is 0 Å². The number of aryl methyl sites for hydroxylation is 2. The largest absolute Gasteiger partial charge is 0.396 e. The number of anilines is 2. The van der Waals surface area contributed by atoms with Crippen molar-refractivity contribution in [1.29, 1.82) is 0 Å². The number of nitrogens with two attached hydrogens (primary N) is 1. The summed E-state index contributed by atoms with van der Waals surface area (Å²) in [4.78, 5) is 0. The molecule has 3 N–H and O–H groups in total. The summed E-state index contributed by atoms with van der Waals surface area (Å²) < 4.78 is 6.00. The molecule has 3 aromatic rings. The third-order valence-corrected chi connectivity index (χ3v) is 3.30. The Balaban J connectivity index is 1.55. The number of aromatic nitrogens is 4. The van der Waals surface area contributed by atoms with E-state index in [0.717, 1.165) is 30.7 Å². The van der Waals surface area contributed by atoms with Gasteiger partial charge in [-0.2, -0.15) is 5.10 Å². The molecule has 3 heterocycles. The number of fused-ring (bicyclic) bond motifs is 1. The quantitative estimate of drug-likeness (QED) is 0.538. The van der Waals surface area contributed by atoms with Gasteiger partial charge in [0.25, 0.3) is 0 Å². The van der Waals surface area contributed by atoms with Crippen LogP contribution in [0.1, 0.15) is 6.42 Å². The fourth-order valence-electron chi connectivity index (χ4n) is 2.24. The Bertz CT molecular complexity index is 711. The molecular weight excluding hydrogens is 252 g/mol. The molecule has 0 amide bonds. The summed E-state index contributed by atoms with van der Waals surface area (Å²) in [7, 11) is 2.03. The number of imidazole rings is 1. The van der Waals surface area contributed by atoms with Crippen molar-refractivity contribution in [3.05, 3.63) is 43.2 Å². The molecule has 0 unspecified atom stereocenters. The maximum absolute atomic E-state index is 5.86.